The van der Waals surface area contributed by atoms with Crippen molar-refractivity contribution in [3.8, 4) is 5.88 Å². The number of fused-ring (bicyclic) bond motifs is 1. The lowest BCUT2D eigenvalue weighted by atomic mass is 9.98. The summed E-state index contributed by atoms with van der Waals surface area (Å²) in [4.78, 5) is 22.9. The van der Waals surface area contributed by atoms with Gasteiger partial charge in [-0.3, -0.25) is 13.4 Å². The third kappa shape index (κ3) is 5.07. The van der Waals surface area contributed by atoms with Crippen molar-refractivity contribution in [1.82, 2.24) is 19.3 Å². The first-order valence-corrected chi connectivity index (χ1v) is 11.9. The van der Waals surface area contributed by atoms with Crippen molar-refractivity contribution in [3.05, 3.63) is 59.7 Å². The van der Waals surface area contributed by atoms with Gasteiger partial charge in [0, 0.05) is 29.8 Å². The topological polar surface area (TPSA) is 99.9 Å². The van der Waals surface area contributed by atoms with Crippen LogP contribution in [0.2, 0.25) is 0 Å². The second-order valence-electron chi connectivity index (χ2n) is 8.11. The van der Waals surface area contributed by atoms with Crippen LogP contribution in [0.15, 0.2) is 42.9 Å². The van der Waals surface area contributed by atoms with E-state index in [0.29, 0.717) is 24.0 Å². The van der Waals surface area contributed by atoms with Gasteiger partial charge in [-0.1, -0.05) is 29.3 Å². The number of carbonyl (C=O) groups excluding carboxylic acids is 1. The largest absolute Gasteiger partial charge is 0.772 e. The van der Waals surface area contributed by atoms with Crippen LogP contribution in [0.25, 0.3) is 5.65 Å². The summed E-state index contributed by atoms with van der Waals surface area (Å²) < 4.78 is 68.4. The molecule has 1 aromatic carbocycles. The minimum atomic E-state index is -4.58. The number of rotatable bonds is 6. The quantitative estimate of drug-likeness (QED) is 0.487. The van der Waals surface area contributed by atoms with Crippen molar-refractivity contribution in [2.24, 2.45) is 0 Å². The van der Waals surface area contributed by atoms with Crippen molar-refractivity contribution >= 4 is 22.6 Å². The molecule has 1 aliphatic rings. The van der Waals surface area contributed by atoms with Gasteiger partial charge in [-0.25, -0.2) is 9.97 Å². The molecule has 34 heavy (non-hydrogen) atoms. The van der Waals surface area contributed by atoms with E-state index in [-0.39, 0.29) is 42.2 Å². The average molecular weight is 496 g/mol. The van der Waals surface area contributed by atoms with E-state index in [4.69, 9.17) is 4.74 Å². The maximum absolute atomic E-state index is 13.4. The van der Waals surface area contributed by atoms with Crippen LogP contribution >= 0.6 is 0 Å². The molecule has 0 spiro atoms. The van der Waals surface area contributed by atoms with Crippen LogP contribution in [0.3, 0.4) is 0 Å². The Morgan fingerprint density at radius 1 is 1.26 bits per heavy atom. The van der Waals surface area contributed by atoms with E-state index in [1.807, 2.05) is 6.92 Å². The molecule has 3 atom stereocenters. The fourth-order valence-corrected chi connectivity index (χ4v) is 4.48. The number of piperidine rings is 1. The van der Waals surface area contributed by atoms with Gasteiger partial charge in [-0.05, 0) is 37.8 Å². The lowest BCUT2D eigenvalue weighted by Crippen LogP contribution is -2.49. The van der Waals surface area contributed by atoms with Crippen LogP contribution in [-0.2, 0) is 23.7 Å². The van der Waals surface area contributed by atoms with Crippen LogP contribution in [0.1, 0.15) is 41.4 Å². The second kappa shape index (κ2) is 9.71. The van der Waals surface area contributed by atoms with Gasteiger partial charge in [0.05, 0.1) is 12.7 Å². The molecule has 2 aromatic heterocycles. The highest BCUT2D eigenvalue weighted by atomic mass is 32.2. The summed E-state index contributed by atoms with van der Waals surface area (Å²) in [5.74, 6) is -0.381. The van der Waals surface area contributed by atoms with E-state index in [0.717, 1.165) is 10.6 Å². The molecule has 0 bridgehead atoms. The highest BCUT2D eigenvalue weighted by Gasteiger charge is 2.36. The number of benzene rings is 1. The summed E-state index contributed by atoms with van der Waals surface area (Å²) in [6.45, 7) is 2.12. The molecule has 1 saturated heterocycles. The van der Waals surface area contributed by atoms with Gasteiger partial charge in [0.1, 0.15) is 11.8 Å². The van der Waals surface area contributed by atoms with Crippen molar-refractivity contribution in [2.45, 2.75) is 44.5 Å². The van der Waals surface area contributed by atoms with E-state index in [9.17, 15) is 26.7 Å². The Labute approximate surface area is 196 Å². The zero-order valence-corrected chi connectivity index (χ0v) is 19.0. The normalized spacial score (nSPS) is 19.9. The van der Waals surface area contributed by atoms with Gasteiger partial charge in [-0.2, -0.15) is 13.2 Å². The third-order valence-corrected chi connectivity index (χ3v) is 6.39. The Bertz CT molecular complexity index is 1220. The first kappa shape index (κ1) is 24.1. The summed E-state index contributed by atoms with van der Waals surface area (Å²) in [5, 5.41) is 0. The van der Waals surface area contributed by atoms with Crippen molar-refractivity contribution in [3.63, 3.8) is 0 Å². The van der Waals surface area contributed by atoms with E-state index in [1.165, 1.54) is 12.4 Å². The molecular formula is C22H22F3N4O4S-. The van der Waals surface area contributed by atoms with Gasteiger partial charge in [-0.15, -0.1) is 0 Å². The fourth-order valence-electron chi connectivity index (χ4n) is 4.09. The molecule has 0 aliphatic carbocycles. The number of aromatic nitrogens is 3. The van der Waals surface area contributed by atoms with E-state index in [1.54, 1.807) is 29.2 Å². The molecule has 182 valence electrons. The lowest BCUT2D eigenvalue weighted by Gasteiger charge is -2.38. The van der Waals surface area contributed by atoms with Crippen LogP contribution in [0.5, 0.6) is 5.88 Å². The molecular weight excluding hydrogens is 473 g/mol. The maximum Gasteiger partial charge on any atom is 0.433 e. The van der Waals surface area contributed by atoms with Crippen molar-refractivity contribution in [1.29, 1.82) is 0 Å². The van der Waals surface area contributed by atoms with E-state index >= 15 is 0 Å². The summed E-state index contributed by atoms with van der Waals surface area (Å²) in [7, 11) is 0. The Morgan fingerprint density at radius 2 is 2.03 bits per heavy atom. The van der Waals surface area contributed by atoms with Crippen molar-refractivity contribution in [2.75, 3.05) is 12.3 Å². The Hall–Kier alpha value is -2.99. The molecule has 1 fully saturated rings. The van der Waals surface area contributed by atoms with Gasteiger partial charge in [0.25, 0.3) is 11.8 Å². The molecule has 12 heteroatoms. The Morgan fingerprint density at radius 3 is 2.76 bits per heavy atom. The van der Waals surface area contributed by atoms with Crippen molar-refractivity contribution < 1.29 is 31.5 Å². The summed E-state index contributed by atoms with van der Waals surface area (Å²) in [5.41, 5.74) is 0.0703. The number of carbonyl (C=O) groups is 1. The standard InChI is InChI=1S/C22H23F3N4O4S/c1-14-6-7-16(33-20-19-27-12-18(22(23,24)25)28(19)10-9-26-20)13-29(14)21(30)17-5-3-2-4-15(17)8-11-34(31)32/h2-5,9-10,12,14,16H,6-8,11,13H2,1H3,(H,31,32)/p-1/t14-,16-/m1/s1. The summed E-state index contributed by atoms with van der Waals surface area (Å²) >= 11 is -2.22. The zero-order valence-electron chi connectivity index (χ0n) is 18.2. The zero-order chi connectivity index (χ0) is 24.5. The number of nitrogens with zero attached hydrogens (tertiary/aromatic N) is 4. The minimum Gasteiger partial charge on any atom is -0.772 e. The van der Waals surface area contributed by atoms with Gasteiger partial charge in [0.15, 0.2) is 0 Å². The number of hydrogen-bond donors (Lipinski definition) is 0. The van der Waals surface area contributed by atoms with Gasteiger partial charge >= 0.3 is 6.18 Å². The molecule has 1 amide bonds. The first-order chi connectivity index (χ1) is 16.1. The van der Waals surface area contributed by atoms with E-state index in [2.05, 4.69) is 9.97 Å². The fraction of sp³-hybridized carbons (Fsp3) is 0.409. The average Bonchev–Trinajstić information content (AvgIpc) is 3.24. The van der Waals surface area contributed by atoms with Crippen LogP contribution < -0.4 is 4.74 Å². The Balaban J connectivity index is 1.54. The number of amides is 1. The monoisotopic (exact) mass is 495 g/mol. The molecule has 0 radical (unpaired) electrons. The Kier molecular flexibility index (Phi) is 6.89. The lowest BCUT2D eigenvalue weighted by molar-refractivity contribution is -0.141. The molecule has 0 N–H and O–H groups in total. The van der Waals surface area contributed by atoms with Crippen LogP contribution in [-0.4, -0.2) is 58.4 Å². The molecule has 1 aliphatic heterocycles. The van der Waals surface area contributed by atoms with E-state index < -0.39 is 29.1 Å². The highest BCUT2D eigenvalue weighted by molar-refractivity contribution is 7.79. The van der Waals surface area contributed by atoms with Gasteiger partial charge in [0.2, 0.25) is 5.65 Å². The minimum absolute atomic E-state index is 0.0386. The summed E-state index contributed by atoms with van der Waals surface area (Å²) in [6, 6.07) is 6.75. The summed E-state index contributed by atoms with van der Waals surface area (Å²) in [6.07, 6.45) is -0.542. The number of ether oxygens (including phenoxy) is 1. The number of hydrogen-bond acceptors (Lipinski definition) is 6. The number of aryl methyl sites for hydroxylation is 1. The van der Waals surface area contributed by atoms with Gasteiger partial charge < -0.3 is 14.2 Å². The first-order valence-electron chi connectivity index (χ1n) is 10.7. The molecule has 1 unspecified atom stereocenters. The molecule has 4 rings (SSSR count). The predicted molar refractivity (Wildman–Crippen MR) is 116 cm³/mol. The SMILES string of the molecule is C[C@@H]1CC[C@@H](Oc2nccn3c(C(F)(F)F)cnc23)CN1C(=O)c1ccccc1CCS(=O)[O-]. The van der Waals surface area contributed by atoms with Crippen LogP contribution in [0, 0.1) is 0 Å². The molecule has 8 nitrogen and oxygen atoms in total. The predicted octanol–water partition coefficient (Wildman–Crippen LogP) is 3.24. The number of alkyl halides is 3. The van der Waals surface area contributed by atoms with Crippen LogP contribution in [0.4, 0.5) is 13.2 Å². The number of halogens is 3. The smallest absolute Gasteiger partial charge is 0.433 e. The maximum atomic E-state index is 13.4. The molecule has 3 heterocycles. The number of likely N-dealkylation sites (tertiary alicyclic amines) is 1. The third-order valence-electron chi connectivity index (χ3n) is 5.85. The molecule has 3 aromatic rings. The number of imidazole rings is 1. The highest BCUT2D eigenvalue weighted by Crippen LogP contribution is 2.32. The molecule has 0 saturated carbocycles. The second-order valence-corrected chi connectivity index (χ2v) is 9.12.